The Morgan fingerprint density at radius 3 is 2.93 bits per heavy atom. The molecule has 0 saturated heterocycles. The Bertz CT molecular complexity index is 443. The fourth-order valence-electron chi connectivity index (χ4n) is 0.864. The number of amides is 1. The molecule has 0 bridgehead atoms. The number of hydrogen-bond donors (Lipinski definition) is 0. The van der Waals surface area contributed by atoms with Gasteiger partial charge in [-0.3, -0.25) is 4.79 Å². The maximum absolute atomic E-state index is 11.0. The molecule has 1 amide bonds. The predicted molar refractivity (Wildman–Crippen MR) is 42.3 cm³/mol. The van der Waals surface area contributed by atoms with Crippen LogP contribution in [0, 0.1) is 10.1 Å². The smallest absolute Gasteiger partial charge is 0.358 e. The van der Waals surface area contributed by atoms with Crippen LogP contribution in [0.4, 0.5) is 5.82 Å². The minimum absolute atomic E-state index is 0.333. The molecule has 0 atom stereocenters. The van der Waals surface area contributed by atoms with Crippen LogP contribution in [0.5, 0.6) is 0 Å². The highest BCUT2D eigenvalue weighted by atomic mass is 16.6. The van der Waals surface area contributed by atoms with Gasteiger partial charge in [0.25, 0.3) is 5.91 Å². The molecular weight excluding hydrogens is 192 g/mol. The first-order chi connectivity index (χ1) is 6.56. The number of aromatic nitrogens is 2. The summed E-state index contributed by atoms with van der Waals surface area (Å²) in [5.41, 5.74) is -0.333. The molecule has 0 aliphatic heterocycles. The molecule has 1 heterocycles. The summed E-state index contributed by atoms with van der Waals surface area (Å²) >= 11 is 0. The first-order valence-corrected chi connectivity index (χ1v) is 3.36. The number of nitro groups is 1. The van der Waals surface area contributed by atoms with Gasteiger partial charge in [-0.1, -0.05) is 0 Å². The molecule has 14 heavy (non-hydrogen) atoms. The second-order valence-corrected chi connectivity index (χ2v) is 2.31. The van der Waals surface area contributed by atoms with Gasteiger partial charge in [-0.15, -0.1) is 4.99 Å². The number of carbonyl (C=O) groups excluding carboxylic acids is 2. The lowest BCUT2D eigenvalue weighted by atomic mass is 10.3. The molecule has 0 N–H and O–H groups in total. The van der Waals surface area contributed by atoms with Crippen LogP contribution < -0.4 is 0 Å². The maximum atomic E-state index is 11.0. The standard InChI is InChI=1S/C6H4N4O4/c1-9-2-4(6(12)7-3-11)5(8-9)10(13)14/h2H,1H3. The van der Waals surface area contributed by atoms with Crippen molar-refractivity contribution in [2.75, 3.05) is 0 Å². The third-order valence-electron chi connectivity index (χ3n) is 1.36. The quantitative estimate of drug-likeness (QED) is 0.282. The molecule has 0 fully saturated rings. The minimum atomic E-state index is -1.03. The normalized spacial score (nSPS) is 9.21. The monoisotopic (exact) mass is 196 g/mol. The Hall–Kier alpha value is -2.34. The van der Waals surface area contributed by atoms with E-state index >= 15 is 0 Å². The summed E-state index contributed by atoms with van der Waals surface area (Å²) < 4.78 is 1.09. The Kier molecular flexibility index (Phi) is 2.49. The lowest BCUT2D eigenvalue weighted by Gasteiger charge is -1.88. The molecule has 1 rings (SSSR count). The van der Waals surface area contributed by atoms with Crippen molar-refractivity contribution in [2.24, 2.45) is 12.0 Å². The SMILES string of the molecule is Cn1cc(C(=O)N=C=O)c([N+](=O)[O-])n1. The number of carbonyl (C=O) groups is 1. The van der Waals surface area contributed by atoms with Gasteiger partial charge in [-0.2, -0.15) is 4.68 Å². The number of aryl methyl sites for hydroxylation is 1. The van der Waals surface area contributed by atoms with E-state index in [2.05, 4.69) is 10.1 Å². The Morgan fingerprint density at radius 1 is 1.79 bits per heavy atom. The molecule has 1 aromatic heterocycles. The van der Waals surface area contributed by atoms with E-state index in [4.69, 9.17) is 0 Å². The molecule has 0 spiro atoms. The number of aliphatic imine (C=N–C) groups is 1. The Balaban J connectivity index is 3.26. The number of hydrogen-bond acceptors (Lipinski definition) is 5. The topological polar surface area (TPSA) is 107 Å². The van der Waals surface area contributed by atoms with Crippen LogP contribution in [0.1, 0.15) is 10.4 Å². The summed E-state index contributed by atoms with van der Waals surface area (Å²) in [5.74, 6) is -1.66. The van der Waals surface area contributed by atoms with Crippen LogP contribution in [0.3, 0.4) is 0 Å². The predicted octanol–water partition coefficient (Wildman–Crippen LogP) is -0.196. The average Bonchev–Trinajstić information content (AvgIpc) is 2.48. The van der Waals surface area contributed by atoms with Crippen LogP contribution in [0.15, 0.2) is 11.2 Å². The molecule has 8 heteroatoms. The van der Waals surface area contributed by atoms with Gasteiger partial charge in [-0.25, -0.2) is 4.79 Å². The van der Waals surface area contributed by atoms with Gasteiger partial charge in [0.1, 0.15) is 0 Å². The number of rotatable bonds is 2. The first-order valence-electron chi connectivity index (χ1n) is 3.36. The Labute approximate surface area is 77.0 Å². The van der Waals surface area contributed by atoms with E-state index in [0.717, 1.165) is 17.0 Å². The van der Waals surface area contributed by atoms with Crippen molar-refractivity contribution in [2.45, 2.75) is 0 Å². The molecule has 0 unspecified atom stereocenters. The van der Waals surface area contributed by atoms with Crippen molar-refractivity contribution < 1.29 is 14.5 Å². The van der Waals surface area contributed by atoms with Crippen molar-refractivity contribution in [3.8, 4) is 0 Å². The first kappa shape index (κ1) is 9.75. The molecule has 1 aromatic rings. The van der Waals surface area contributed by atoms with E-state index in [0.29, 0.717) is 0 Å². The van der Waals surface area contributed by atoms with Gasteiger partial charge >= 0.3 is 5.82 Å². The zero-order chi connectivity index (χ0) is 10.7. The van der Waals surface area contributed by atoms with E-state index in [-0.39, 0.29) is 5.56 Å². The van der Waals surface area contributed by atoms with Gasteiger partial charge in [0.2, 0.25) is 6.08 Å². The van der Waals surface area contributed by atoms with Gasteiger partial charge in [0.15, 0.2) is 5.56 Å². The molecule has 0 aliphatic rings. The molecule has 72 valence electrons. The molecule has 0 saturated carbocycles. The second kappa shape index (κ2) is 3.58. The maximum Gasteiger partial charge on any atom is 0.402 e. The fourth-order valence-corrected chi connectivity index (χ4v) is 0.864. The molecule has 0 aliphatic carbocycles. The Morgan fingerprint density at radius 2 is 2.43 bits per heavy atom. The molecule has 0 radical (unpaired) electrons. The molecular formula is C6H4N4O4. The van der Waals surface area contributed by atoms with E-state index < -0.39 is 16.6 Å². The van der Waals surface area contributed by atoms with Crippen molar-refractivity contribution in [1.29, 1.82) is 0 Å². The highest BCUT2D eigenvalue weighted by Crippen LogP contribution is 2.15. The van der Waals surface area contributed by atoms with Gasteiger partial charge in [-0.05, 0) is 4.92 Å². The second-order valence-electron chi connectivity index (χ2n) is 2.31. The van der Waals surface area contributed by atoms with Crippen LogP contribution in [-0.4, -0.2) is 26.7 Å². The van der Waals surface area contributed by atoms with Crippen LogP contribution in [0.2, 0.25) is 0 Å². The summed E-state index contributed by atoms with van der Waals surface area (Å²) in [4.78, 5) is 33.1. The highest BCUT2D eigenvalue weighted by molar-refractivity contribution is 6.00. The van der Waals surface area contributed by atoms with Crippen LogP contribution in [0.25, 0.3) is 0 Å². The van der Waals surface area contributed by atoms with Crippen LogP contribution in [-0.2, 0) is 11.8 Å². The summed E-state index contributed by atoms with van der Waals surface area (Å²) in [6.45, 7) is 0. The van der Waals surface area contributed by atoms with Gasteiger partial charge < -0.3 is 10.1 Å². The zero-order valence-corrected chi connectivity index (χ0v) is 7.00. The average molecular weight is 196 g/mol. The lowest BCUT2D eigenvalue weighted by Crippen LogP contribution is -1.98. The van der Waals surface area contributed by atoms with Crippen molar-refractivity contribution in [3.63, 3.8) is 0 Å². The van der Waals surface area contributed by atoms with E-state index in [9.17, 15) is 19.7 Å². The summed E-state index contributed by atoms with van der Waals surface area (Å²) in [5, 5.41) is 13.8. The van der Waals surface area contributed by atoms with Gasteiger partial charge in [0, 0.05) is 0 Å². The van der Waals surface area contributed by atoms with Gasteiger partial charge in [0.05, 0.1) is 18.3 Å². The largest absolute Gasteiger partial charge is 0.402 e. The summed E-state index contributed by atoms with van der Waals surface area (Å²) in [7, 11) is 1.41. The molecule has 0 aromatic carbocycles. The van der Waals surface area contributed by atoms with E-state index in [1.165, 1.54) is 7.05 Å². The van der Waals surface area contributed by atoms with Crippen LogP contribution >= 0.6 is 0 Å². The lowest BCUT2D eigenvalue weighted by molar-refractivity contribution is -0.390. The van der Waals surface area contributed by atoms with Crippen molar-refractivity contribution in [3.05, 3.63) is 21.9 Å². The third kappa shape index (κ3) is 1.70. The fraction of sp³-hybridized carbons (Fsp3) is 0.167. The van der Waals surface area contributed by atoms with Crippen molar-refractivity contribution in [1.82, 2.24) is 9.78 Å². The summed E-state index contributed by atoms with van der Waals surface area (Å²) in [6.07, 6.45) is 2.12. The molecule has 8 nitrogen and oxygen atoms in total. The van der Waals surface area contributed by atoms with E-state index in [1.54, 1.807) is 0 Å². The summed E-state index contributed by atoms with van der Waals surface area (Å²) in [6, 6.07) is 0. The van der Waals surface area contributed by atoms with Crippen molar-refractivity contribution >= 4 is 17.8 Å². The zero-order valence-electron chi connectivity index (χ0n) is 7.00. The minimum Gasteiger partial charge on any atom is -0.358 e. The van der Waals surface area contributed by atoms with E-state index in [1.807, 2.05) is 0 Å². The third-order valence-corrected chi connectivity index (χ3v) is 1.36. The number of nitrogens with zero attached hydrogens (tertiary/aromatic N) is 4. The number of isocyanates is 1. The highest BCUT2D eigenvalue weighted by Gasteiger charge is 2.24.